The highest BCUT2D eigenvalue weighted by Gasteiger charge is 2.34. The smallest absolute Gasteiger partial charge is 0.210 e. The molecule has 3 saturated heterocycles. The van der Waals surface area contributed by atoms with Crippen LogP contribution < -0.4 is 9.64 Å². The number of piperidine rings is 2. The Morgan fingerprint density at radius 2 is 1.30 bits per heavy atom. The van der Waals surface area contributed by atoms with Crippen molar-refractivity contribution in [2.75, 3.05) is 83.4 Å². The van der Waals surface area contributed by atoms with Gasteiger partial charge < -0.3 is 34.3 Å². The zero-order valence-electron chi connectivity index (χ0n) is 32.8. The van der Waals surface area contributed by atoms with E-state index in [1.165, 1.54) is 70.7 Å². The molecule has 0 atom stereocenters. The molecule has 0 unspecified atom stereocenters. The van der Waals surface area contributed by atoms with Crippen molar-refractivity contribution in [3.63, 3.8) is 0 Å². The summed E-state index contributed by atoms with van der Waals surface area (Å²) in [6.45, 7) is 11.3. The van der Waals surface area contributed by atoms with Crippen LogP contribution in [0.5, 0.6) is 5.75 Å². The second kappa shape index (κ2) is 18.5. The van der Waals surface area contributed by atoms with Gasteiger partial charge in [-0.1, -0.05) is 51.9 Å². The minimum atomic E-state index is -3.92. The van der Waals surface area contributed by atoms with Crippen molar-refractivity contribution < 1.29 is 17.7 Å². The number of rotatable bonds is 16. The van der Waals surface area contributed by atoms with Gasteiger partial charge in [0, 0.05) is 62.9 Å². The molecule has 0 aliphatic carbocycles. The Hall–Kier alpha value is -2.41. The zero-order valence-corrected chi connectivity index (χ0v) is 34.4. The van der Waals surface area contributed by atoms with Crippen molar-refractivity contribution in [3.8, 4) is 5.75 Å². The van der Waals surface area contributed by atoms with Crippen molar-refractivity contribution >= 4 is 36.7 Å². The normalized spacial score (nSPS) is 19.6. The first-order chi connectivity index (χ1) is 25.5. The molecule has 0 saturated carbocycles. The van der Waals surface area contributed by atoms with E-state index in [9.17, 15) is 13.0 Å². The summed E-state index contributed by atoms with van der Waals surface area (Å²) >= 11 is 0. The number of hydrogen-bond donors (Lipinski definition) is 0. The number of piperazine rings is 1. The number of ether oxygens (including phenoxy) is 1. The Kier molecular flexibility index (Phi) is 14.0. The maximum Gasteiger partial charge on any atom is 0.210 e. The molecule has 3 aliphatic rings. The Morgan fingerprint density at radius 1 is 0.736 bits per heavy atom. The third-order valence-corrected chi connectivity index (χ3v) is 15.0. The van der Waals surface area contributed by atoms with Crippen LogP contribution in [0.25, 0.3) is 10.9 Å². The molecule has 53 heavy (non-hydrogen) atoms. The third-order valence-electron chi connectivity index (χ3n) is 11.9. The highest BCUT2D eigenvalue weighted by atomic mass is 32.3. The van der Waals surface area contributed by atoms with Crippen LogP contribution >= 0.6 is 10.3 Å². The SMILES string of the molecule is CCCCCCCCCCOc1ccc(S(=O)(=O)c2cnc3ccc(S(C)(C)[O-])cc3c2N2CCC(N3CCC(N4CCN(C)CC4)CC3)CC2)cc1. The molecule has 0 radical (unpaired) electrons. The molecule has 3 aromatic rings. The average molecular weight is 767 g/mol. The van der Waals surface area contributed by atoms with Gasteiger partial charge in [-0.25, -0.2) is 8.42 Å². The summed E-state index contributed by atoms with van der Waals surface area (Å²) in [4.78, 5) is 15.9. The van der Waals surface area contributed by atoms with Crippen molar-refractivity contribution in [1.29, 1.82) is 0 Å². The molecule has 4 heterocycles. The van der Waals surface area contributed by atoms with E-state index in [0.29, 0.717) is 40.5 Å². The highest BCUT2D eigenvalue weighted by Crippen LogP contribution is 2.47. The number of hydrogen-bond acceptors (Lipinski definition) is 9. The van der Waals surface area contributed by atoms with Gasteiger partial charge in [0.15, 0.2) is 0 Å². The van der Waals surface area contributed by atoms with E-state index in [4.69, 9.17) is 4.74 Å². The second-order valence-corrected chi connectivity index (χ2v) is 20.9. The number of fused-ring (bicyclic) bond motifs is 1. The molecule has 0 N–H and O–H groups in total. The first kappa shape index (κ1) is 40.3. The fourth-order valence-corrected chi connectivity index (χ4v) is 10.7. The summed E-state index contributed by atoms with van der Waals surface area (Å²) in [5.41, 5.74) is 1.40. The van der Waals surface area contributed by atoms with E-state index in [1.54, 1.807) is 36.8 Å². The van der Waals surface area contributed by atoms with Gasteiger partial charge in [0.25, 0.3) is 0 Å². The van der Waals surface area contributed by atoms with Crippen LogP contribution in [0.2, 0.25) is 0 Å². The Morgan fingerprint density at radius 3 is 1.92 bits per heavy atom. The van der Waals surface area contributed by atoms with Crippen molar-refractivity contribution in [2.45, 2.75) is 111 Å². The largest absolute Gasteiger partial charge is 0.809 e. The van der Waals surface area contributed by atoms with Crippen LogP contribution in [0, 0.1) is 0 Å². The summed E-state index contributed by atoms with van der Waals surface area (Å²) in [5.74, 6) is 0.684. The number of sulfone groups is 1. The van der Waals surface area contributed by atoms with E-state index in [0.717, 1.165) is 70.3 Å². The van der Waals surface area contributed by atoms with Crippen LogP contribution in [0.4, 0.5) is 5.69 Å². The molecule has 2 aromatic carbocycles. The minimum Gasteiger partial charge on any atom is -0.809 e. The molecule has 9 nitrogen and oxygen atoms in total. The second-order valence-electron chi connectivity index (χ2n) is 16.0. The molecule has 0 amide bonds. The Labute approximate surface area is 321 Å². The third kappa shape index (κ3) is 10.3. The first-order valence-electron chi connectivity index (χ1n) is 20.3. The molecule has 0 spiro atoms. The van der Waals surface area contributed by atoms with Crippen molar-refractivity contribution in [2.24, 2.45) is 0 Å². The van der Waals surface area contributed by atoms with Gasteiger partial charge in [-0.3, -0.25) is 9.88 Å². The summed E-state index contributed by atoms with van der Waals surface area (Å²) < 4.78 is 48.2. The lowest BCUT2D eigenvalue weighted by molar-refractivity contribution is 0.0495. The molecule has 11 heteroatoms. The van der Waals surface area contributed by atoms with Crippen LogP contribution in [0.1, 0.15) is 84.0 Å². The number of aromatic nitrogens is 1. The number of unbranched alkanes of at least 4 members (excludes halogenated alkanes) is 7. The minimum absolute atomic E-state index is 0.208. The lowest BCUT2D eigenvalue weighted by Gasteiger charge is -2.46. The van der Waals surface area contributed by atoms with Gasteiger partial charge in [-0.15, -0.1) is 0 Å². The van der Waals surface area contributed by atoms with Gasteiger partial charge in [0.05, 0.1) is 22.7 Å². The van der Waals surface area contributed by atoms with Gasteiger partial charge in [-0.05, 0) is 112 Å². The highest BCUT2D eigenvalue weighted by molar-refractivity contribution is 8.28. The van der Waals surface area contributed by atoms with Gasteiger partial charge in [0.2, 0.25) is 9.84 Å². The number of likely N-dealkylation sites (tertiary alicyclic amines) is 1. The van der Waals surface area contributed by atoms with Crippen LogP contribution in [-0.2, 0) is 9.84 Å². The van der Waals surface area contributed by atoms with Gasteiger partial charge in [-0.2, -0.15) is 0 Å². The van der Waals surface area contributed by atoms with Crippen LogP contribution in [-0.4, -0.2) is 123 Å². The molecule has 1 aromatic heterocycles. The van der Waals surface area contributed by atoms with E-state index < -0.39 is 20.1 Å². The van der Waals surface area contributed by atoms with Crippen molar-refractivity contribution in [1.82, 2.24) is 19.7 Å². The summed E-state index contributed by atoms with van der Waals surface area (Å²) in [6, 6.07) is 13.7. The molecule has 0 bridgehead atoms. The topological polar surface area (TPSA) is 92.3 Å². The maximum atomic E-state index is 14.5. The average Bonchev–Trinajstić information content (AvgIpc) is 3.17. The predicted octanol–water partition coefficient (Wildman–Crippen LogP) is 7.82. The number of benzene rings is 2. The molecular formula is C42H64N5O4S2-. The van der Waals surface area contributed by atoms with E-state index in [2.05, 4.69) is 38.6 Å². The molecule has 3 fully saturated rings. The van der Waals surface area contributed by atoms with Gasteiger partial charge in [0.1, 0.15) is 10.6 Å². The monoisotopic (exact) mass is 766 g/mol. The molecule has 3 aliphatic heterocycles. The van der Waals surface area contributed by atoms with E-state index in [-0.39, 0.29) is 9.79 Å². The van der Waals surface area contributed by atoms with Gasteiger partial charge >= 0.3 is 0 Å². The Bertz CT molecular complexity index is 1710. The zero-order chi connectivity index (χ0) is 37.4. The first-order valence-corrected chi connectivity index (χ1v) is 24.2. The predicted molar refractivity (Wildman–Crippen MR) is 219 cm³/mol. The molecule has 6 rings (SSSR count). The van der Waals surface area contributed by atoms with Crippen LogP contribution in [0.3, 0.4) is 0 Å². The fraction of sp³-hybridized carbons (Fsp3) is 0.643. The lowest BCUT2D eigenvalue weighted by atomic mass is 9.96. The lowest BCUT2D eigenvalue weighted by Crippen LogP contribution is -2.54. The molecular weight excluding hydrogens is 703 g/mol. The number of anilines is 1. The molecule has 294 valence electrons. The maximum absolute atomic E-state index is 14.5. The van der Waals surface area contributed by atoms with Crippen LogP contribution in [0.15, 0.2) is 63.3 Å². The fourth-order valence-electron chi connectivity index (χ4n) is 8.49. The quantitative estimate of drug-likeness (QED) is 0.135. The number of nitrogens with zero attached hydrogens (tertiary/aromatic N) is 5. The summed E-state index contributed by atoms with van der Waals surface area (Å²) in [7, 11) is -3.98. The Balaban J connectivity index is 1.14. The van der Waals surface area contributed by atoms with E-state index >= 15 is 0 Å². The van der Waals surface area contributed by atoms with E-state index in [1.807, 2.05) is 18.2 Å². The number of likely N-dealkylation sites (N-methyl/N-ethyl adjacent to an activating group) is 1. The van der Waals surface area contributed by atoms with Crippen molar-refractivity contribution in [3.05, 3.63) is 48.7 Å². The summed E-state index contributed by atoms with van der Waals surface area (Å²) in [6.07, 6.45) is 19.3. The standard InChI is InChI=1S/C42H65N5O4S2/c1-5-6-7-8-9-10-11-12-31-51-36-13-15-37(16-14-36)53(49,50)41-33-43-40-18-17-38(52(3,4)48)32-39(40)42(41)47-25-21-34(22-26-47)45-23-19-35(20-24-45)46-29-27-44(2)28-30-46/h13-18,32-35,48H,5-12,19-31H2,1-4H3/p-1. The number of pyridine rings is 1. The summed E-state index contributed by atoms with van der Waals surface area (Å²) in [5, 5.41) is 0.747.